The van der Waals surface area contributed by atoms with Crippen LogP contribution < -0.4 is 10.2 Å². The minimum atomic E-state index is 0.598. The maximum atomic E-state index is 4.89. The van der Waals surface area contributed by atoms with Crippen LogP contribution in [-0.2, 0) is 0 Å². The van der Waals surface area contributed by atoms with Crippen LogP contribution in [0.25, 0.3) is 0 Å². The highest BCUT2D eigenvalue weighted by atomic mass is 15.2. The van der Waals surface area contributed by atoms with Crippen molar-refractivity contribution in [3.8, 4) is 0 Å². The summed E-state index contributed by atoms with van der Waals surface area (Å²) in [6.07, 6.45) is 9.20. The Kier molecular flexibility index (Phi) is 3.81. The Morgan fingerprint density at radius 1 is 1.05 bits per heavy atom. The molecule has 0 aliphatic heterocycles. The van der Waals surface area contributed by atoms with Crippen molar-refractivity contribution in [2.24, 2.45) is 0 Å². The topological polar surface area (TPSA) is 41.1 Å². The maximum Gasteiger partial charge on any atom is 0.137 e. The van der Waals surface area contributed by atoms with Gasteiger partial charge < -0.3 is 10.2 Å². The maximum absolute atomic E-state index is 4.89. The SMILES string of the molecule is CNc1nc(C2CC2)nc(N(C)C2CCCCC2)c1C. The van der Waals surface area contributed by atoms with Gasteiger partial charge in [-0.2, -0.15) is 0 Å². The molecule has 1 heterocycles. The van der Waals surface area contributed by atoms with Gasteiger partial charge in [-0.05, 0) is 32.6 Å². The summed E-state index contributed by atoms with van der Waals surface area (Å²) in [6, 6.07) is 0.647. The molecule has 110 valence electrons. The summed E-state index contributed by atoms with van der Waals surface area (Å²) >= 11 is 0. The molecule has 3 rings (SSSR count). The molecule has 4 nitrogen and oxygen atoms in total. The van der Waals surface area contributed by atoms with E-state index in [-0.39, 0.29) is 0 Å². The third kappa shape index (κ3) is 2.60. The van der Waals surface area contributed by atoms with E-state index in [1.165, 1.54) is 50.5 Å². The van der Waals surface area contributed by atoms with Crippen LogP contribution in [0.15, 0.2) is 0 Å². The largest absolute Gasteiger partial charge is 0.373 e. The fraction of sp³-hybridized carbons (Fsp3) is 0.750. The van der Waals surface area contributed by atoms with E-state index in [9.17, 15) is 0 Å². The lowest BCUT2D eigenvalue weighted by Crippen LogP contribution is -2.34. The second-order valence-electron chi connectivity index (χ2n) is 6.31. The number of hydrogen-bond acceptors (Lipinski definition) is 4. The van der Waals surface area contributed by atoms with Crippen LogP contribution in [-0.4, -0.2) is 30.1 Å². The monoisotopic (exact) mass is 274 g/mol. The Morgan fingerprint density at radius 3 is 2.35 bits per heavy atom. The average Bonchev–Trinajstić information content (AvgIpc) is 3.32. The van der Waals surface area contributed by atoms with E-state index in [1.54, 1.807) is 0 Å². The Hall–Kier alpha value is -1.32. The van der Waals surface area contributed by atoms with E-state index in [4.69, 9.17) is 9.97 Å². The molecule has 0 unspecified atom stereocenters. The van der Waals surface area contributed by atoms with E-state index in [0.29, 0.717) is 12.0 Å². The molecular formula is C16H26N4. The summed E-state index contributed by atoms with van der Waals surface area (Å²) in [7, 11) is 4.16. The number of nitrogens with zero attached hydrogens (tertiary/aromatic N) is 3. The Morgan fingerprint density at radius 2 is 1.75 bits per heavy atom. The third-order valence-corrected chi connectivity index (χ3v) is 4.77. The van der Waals surface area contributed by atoms with Crippen molar-refractivity contribution in [3.63, 3.8) is 0 Å². The summed E-state index contributed by atoms with van der Waals surface area (Å²) in [6.45, 7) is 2.14. The number of anilines is 2. The fourth-order valence-electron chi connectivity index (χ4n) is 3.27. The Balaban J connectivity index is 1.91. The van der Waals surface area contributed by atoms with Gasteiger partial charge in [0.25, 0.3) is 0 Å². The highest BCUT2D eigenvalue weighted by Gasteiger charge is 2.29. The van der Waals surface area contributed by atoms with Crippen LogP contribution in [0.5, 0.6) is 0 Å². The smallest absolute Gasteiger partial charge is 0.137 e. The zero-order valence-corrected chi connectivity index (χ0v) is 12.9. The van der Waals surface area contributed by atoms with Crippen molar-refractivity contribution >= 4 is 11.6 Å². The van der Waals surface area contributed by atoms with Gasteiger partial charge >= 0.3 is 0 Å². The molecule has 0 amide bonds. The Bertz CT molecular complexity index is 476. The van der Waals surface area contributed by atoms with Gasteiger partial charge in [-0.25, -0.2) is 9.97 Å². The molecule has 0 radical (unpaired) electrons. The molecule has 20 heavy (non-hydrogen) atoms. The second kappa shape index (κ2) is 5.58. The quantitative estimate of drug-likeness (QED) is 0.912. The molecule has 0 bridgehead atoms. The summed E-state index contributed by atoms with van der Waals surface area (Å²) < 4.78 is 0. The van der Waals surface area contributed by atoms with Crippen LogP contribution in [0.4, 0.5) is 11.6 Å². The highest BCUT2D eigenvalue weighted by molar-refractivity contribution is 5.59. The predicted molar refractivity (Wildman–Crippen MR) is 83.6 cm³/mol. The normalized spacial score (nSPS) is 19.9. The molecule has 2 aliphatic carbocycles. The van der Waals surface area contributed by atoms with Crippen LogP contribution >= 0.6 is 0 Å². The number of nitrogens with one attached hydrogen (secondary N) is 1. The minimum absolute atomic E-state index is 0.598. The molecule has 0 saturated heterocycles. The van der Waals surface area contributed by atoms with Crippen LogP contribution in [0, 0.1) is 6.92 Å². The van der Waals surface area contributed by atoms with E-state index in [1.807, 2.05) is 7.05 Å². The molecular weight excluding hydrogens is 248 g/mol. The molecule has 1 aromatic rings. The lowest BCUT2D eigenvalue weighted by molar-refractivity contribution is 0.425. The Labute approximate surface area is 122 Å². The van der Waals surface area contributed by atoms with E-state index in [0.717, 1.165) is 17.5 Å². The number of hydrogen-bond donors (Lipinski definition) is 1. The predicted octanol–water partition coefficient (Wildman–Crippen LogP) is 3.47. The van der Waals surface area contributed by atoms with Crippen molar-refractivity contribution < 1.29 is 0 Å². The van der Waals surface area contributed by atoms with Crippen LogP contribution in [0.1, 0.15) is 62.3 Å². The lowest BCUT2D eigenvalue weighted by atomic mass is 9.94. The molecule has 4 heteroatoms. The molecule has 0 aromatic carbocycles. The summed E-state index contributed by atoms with van der Waals surface area (Å²) in [4.78, 5) is 12.0. The van der Waals surface area contributed by atoms with E-state index in [2.05, 4.69) is 24.2 Å². The number of rotatable bonds is 4. The second-order valence-corrected chi connectivity index (χ2v) is 6.31. The van der Waals surface area contributed by atoms with Gasteiger partial charge in [0.2, 0.25) is 0 Å². The first kappa shape index (κ1) is 13.7. The van der Waals surface area contributed by atoms with Gasteiger partial charge in [-0.1, -0.05) is 19.3 Å². The van der Waals surface area contributed by atoms with Crippen LogP contribution in [0.2, 0.25) is 0 Å². The van der Waals surface area contributed by atoms with Crippen molar-refractivity contribution in [1.82, 2.24) is 9.97 Å². The lowest BCUT2D eigenvalue weighted by Gasteiger charge is -2.33. The van der Waals surface area contributed by atoms with Crippen molar-refractivity contribution in [1.29, 1.82) is 0 Å². The zero-order chi connectivity index (χ0) is 14.1. The van der Waals surface area contributed by atoms with Gasteiger partial charge in [-0.3, -0.25) is 0 Å². The molecule has 0 spiro atoms. The third-order valence-electron chi connectivity index (χ3n) is 4.77. The summed E-state index contributed by atoms with van der Waals surface area (Å²) in [5.41, 5.74) is 1.19. The summed E-state index contributed by atoms with van der Waals surface area (Å²) in [5.74, 6) is 3.77. The van der Waals surface area contributed by atoms with E-state index >= 15 is 0 Å². The standard InChI is InChI=1S/C16H26N4/c1-11-14(17-2)18-15(12-9-10-12)19-16(11)20(3)13-7-5-4-6-8-13/h12-13H,4-10H2,1-3H3,(H,17,18,19). The van der Waals surface area contributed by atoms with Gasteiger partial charge in [0.15, 0.2) is 0 Å². The molecule has 0 atom stereocenters. The van der Waals surface area contributed by atoms with Crippen molar-refractivity contribution in [2.75, 3.05) is 24.3 Å². The van der Waals surface area contributed by atoms with Gasteiger partial charge in [-0.15, -0.1) is 0 Å². The highest BCUT2D eigenvalue weighted by Crippen LogP contribution is 2.40. The average molecular weight is 274 g/mol. The molecule has 2 saturated carbocycles. The molecule has 1 N–H and O–H groups in total. The summed E-state index contributed by atoms with van der Waals surface area (Å²) in [5, 5.41) is 3.24. The van der Waals surface area contributed by atoms with E-state index < -0.39 is 0 Å². The van der Waals surface area contributed by atoms with Crippen LogP contribution in [0.3, 0.4) is 0 Å². The van der Waals surface area contributed by atoms with Crippen molar-refractivity contribution in [3.05, 3.63) is 11.4 Å². The number of aromatic nitrogens is 2. The minimum Gasteiger partial charge on any atom is -0.373 e. The first-order valence-electron chi connectivity index (χ1n) is 8.00. The molecule has 1 aromatic heterocycles. The molecule has 2 aliphatic rings. The first-order valence-corrected chi connectivity index (χ1v) is 8.00. The first-order chi connectivity index (χ1) is 9.70. The van der Waals surface area contributed by atoms with Gasteiger partial charge in [0.1, 0.15) is 17.5 Å². The zero-order valence-electron chi connectivity index (χ0n) is 12.9. The van der Waals surface area contributed by atoms with Crippen molar-refractivity contribution in [2.45, 2.75) is 63.8 Å². The fourth-order valence-corrected chi connectivity index (χ4v) is 3.27. The van der Waals surface area contributed by atoms with Gasteiger partial charge in [0.05, 0.1) is 0 Å². The van der Waals surface area contributed by atoms with Gasteiger partial charge in [0, 0.05) is 31.6 Å². The molecule has 2 fully saturated rings.